The van der Waals surface area contributed by atoms with E-state index in [0.717, 1.165) is 12.1 Å². The molecule has 152 valence electrons. The molecule has 0 atom stereocenters. The second-order valence-corrected chi connectivity index (χ2v) is 8.21. The van der Waals surface area contributed by atoms with Crippen LogP contribution >= 0.6 is 27.5 Å². The van der Waals surface area contributed by atoms with E-state index in [2.05, 4.69) is 31.2 Å². The lowest BCUT2D eigenvalue weighted by Gasteiger charge is -2.19. The van der Waals surface area contributed by atoms with E-state index in [4.69, 9.17) is 16.3 Å². The molecule has 0 saturated heterocycles. The topological polar surface area (TPSA) is 93.4 Å². The first-order valence-electron chi connectivity index (χ1n) is 9.28. The van der Waals surface area contributed by atoms with Gasteiger partial charge in [-0.3, -0.25) is 0 Å². The fourth-order valence-corrected chi connectivity index (χ4v) is 3.72. The number of nitrogens with zero attached hydrogens (tertiary/aromatic N) is 5. The third kappa shape index (κ3) is 4.30. The zero-order valence-corrected chi connectivity index (χ0v) is 18.0. The molecule has 0 unspecified atom stereocenters. The lowest BCUT2D eigenvalue weighted by Crippen LogP contribution is -2.28. The van der Waals surface area contributed by atoms with Crippen LogP contribution in [0.15, 0.2) is 28.9 Å². The Morgan fingerprint density at radius 1 is 1.45 bits per heavy atom. The van der Waals surface area contributed by atoms with Gasteiger partial charge in [0.25, 0.3) is 0 Å². The second-order valence-electron chi connectivity index (χ2n) is 6.98. The van der Waals surface area contributed by atoms with Gasteiger partial charge < -0.3 is 14.7 Å². The van der Waals surface area contributed by atoms with E-state index in [9.17, 15) is 9.90 Å². The fourth-order valence-electron chi connectivity index (χ4n) is 3.04. The number of amides is 1. The van der Waals surface area contributed by atoms with Gasteiger partial charge in [-0.15, -0.1) is 5.10 Å². The number of hydrogen-bond donors (Lipinski definition) is 1. The number of hydrogen-bond acceptors (Lipinski definition) is 5. The highest BCUT2D eigenvalue weighted by molar-refractivity contribution is 9.10. The van der Waals surface area contributed by atoms with E-state index in [-0.39, 0.29) is 6.54 Å². The van der Waals surface area contributed by atoms with E-state index >= 15 is 0 Å². The molecule has 0 bridgehead atoms. The van der Waals surface area contributed by atoms with Crippen molar-refractivity contribution in [1.29, 1.82) is 0 Å². The Balaban J connectivity index is 1.64. The van der Waals surface area contributed by atoms with Gasteiger partial charge in [-0.05, 0) is 59.8 Å². The number of carbonyl (C=O) groups is 1. The summed E-state index contributed by atoms with van der Waals surface area (Å²) in [7, 11) is 0. The Morgan fingerprint density at radius 3 is 2.93 bits per heavy atom. The molecule has 1 saturated carbocycles. The van der Waals surface area contributed by atoms with Crippen LogP contribution in [0.1, 0.15) is 25.3 Å². The summed E-state index contributed by atoms with van der Waals surface area (Å²) in [4.78, 5) is 16.9. The third-order valence-corrected chi connectivity index (χ3v) is 5.80. The van der Waals surface area contributed by atoms with E-state index in [0.29, 0.717) is 44.7 Å². The van der Waals surface area contributed by atoms with Crippen molar-refractivity contribution in [2.45, 2.75) is 32.9 Å². The Labute approximate surface area is 180 Å². The van der Waals surface area contributed by atoms with Crippen molar-refractivity contribution in [3.63, 3.8) is 0 Å². The summed E-state index contributed by atoms with van der Waals surface area (Å²) >= 11 is 9.63. The number of halogens is 2. The molecule has 1 fully saturated rings. The van der Waals surface area contributed by atoms with Crippen molar-refractivity contribution in [3.8, 4) is 11.6 Å². The van der Waals surface area contributed by atoms with Crippen molar-refractivity contribution in [2.24, 2.45) is 5.92 Å². The number of fused-ring (bicyclic) bond motifs is 1. The van der Waals surface area contributed by atoms with Gasteiger partial charge in [0.05, 0.1) is 21.6 Å². The van der Waals surface area contributed by atoms with Gasteiger partial charge in [0.1, 0.15) is 11.3 Å². The number of ether oxygens (including phenoxy) is 1. The van der Waals surface area contributed by atoms with Crippen LogP contribution in [0.4, 0.5) is 4.79 Å². The van der Waals surface area contributed by atoms with Gasteiger partial charge in [-0.2, -0.15) is 0 Å². The molecular formula is C19H19BrClN5O3. The molecule has 1 aromatic carbocycles. The first-order chi connectivity index (χ1) is 14.0. The van der Waals surface area contributed by atoms with Crippen LogP contribution in [0.2, 0.25) is 5.02 Å². The highest BCUT2D eigenvalue weighted by atomic mass is 79.9. The molecule has 0 radical (unpaired) electrons. The molecule has 0 spiro atoms. The summed E-state index contributed by atoms with van der Waals surface area (Å²) in [5.74, 6) is 1.50. The largest absolute Gasteiger partial charge is 0.465 e. The molecule has 4 rings (SSSR count). The Kier molecular flexibility index (Phi) is 5.60. The number of pyridine rings is 1. The molecule has 0 aliphatic heterocycles. The number of aromatic nitrogens is 4. The van der Waals surface area contributed by atoms with E-state index in [1.54, 1.807) is 13.0 Å². The molecule has 29 heavy (non-hydrogen) atoms. The lowest BCUT2D eigenvalue weighted by molar-refractivity contribution is 0.144. The molecular weight excluding hydrogens is 462 g/mol. The Bertz CT molecular complexity index is 1070. The van der Waals surface area contributed by atoms with Crippen molar-refractivity contribution >= 4 is 44.7 Å². The van der Waals surface area contributed by atoms with Crippen LogP contribution in [0.25, 0.3) is 11.0 Å². The van der Waals surface area contributed by atoms with E-state index in [1.165, 1.54) is 23.9 Å². The average Bonchev–Trinajstić information content (AvgIpc) is 3.41. The first kappa shape index (κ1) is 19.9. The molecule has 8 nitrogen and oxygen atoms in total. The quantitative estimate of drug-likeness (QED) is 0.514. The summed E-state index contributed by atoms with van der Waals surface area (Å²) in [6, 6.07) is 5.41. The van der Waals surface area contributed by atoms with Gasteiger partial charge in [0.15, 0.2) is 0 Å². The summed E-state index contributed by atoms with van der Waals surface area (Å²) in [5.41, 5.74) is 2.22. The van der Waals surface area contributed by atoms with Gasteiger partial charge in [0, 0.05) is 24.8 Å². The minimum atomic E-state index is -1.02. The second kappa shape index (κ2) is 8.16. The average molecular weight is 481 g/mol. The summed E-state index contributed by atoms with van der Waals surface area (Å²) in [5, 5.41) is 18.3. The Hall–Kier alpha value is -2.39. The maximum absolute atomic E-state index is 11.4. The van der Waals surface area contributed by atoms with E-state index in [1.807, 2.05) is 16.8 Å². The van der Waals surface area contributed by atoms with Crippen LogP contribution in [-0.2, 0) is 13.1 Å². The predicted octanol–water partition coefficient (Wildman–Crippen LogP) is 4.94. The molecule has 2 aromatic heterocycles. The SMILES string of the molecule is CCN(Cc1cc(Cl)cnc1Oc1ccc2c(nnn2CC2CC2)c1Br)C(=O)O. The molecule has 10 heteroatoms. The molecule has 1 amide bonds. The van der Waals surface area contributed by atoms with Crippen LogP contribution in [0.5, 0.6) is 11.6 Å². The summed E-state index contributed by atoms with van der Waals surface area (Å²) in [6.07, 6.45) is 2.92. The van der Waals surface area contributed by atoms with Gasteiger partial charge >= 0.3 is 6.09 Å². The number of rotatable bonds is 7. The first-order valence-corrected chi connectivity index (χ1v) is 10.4. The zero-order chi connectivity index (χ0) is 20.5. The zero-order valence-electron chi connectivity index (χ0n) is 15.7. The maximum Gasteiger partial charge on any atom is 0.407 e. The van der Waals surface area contributed by atoms with Crippen LogP contribution in [0, 0.1) is 5.92 Å². The van der Waals surface area contributed by atoms with Crippen LogP contribution in [0.3, 0.4) is 0 Å². The molecule has 1 aliphatic rings. The normalized spacial score (nSPS) is 13.6. The minimum Gasteiger partial charge on any atom is -0.465 e. The minimum absolute atomic E-state index is 0.117. The molecule has 2 heterocycles. The molecule has 1 N–H and O–H groups in total. The van der Waals surface area contributed by atoms with Gasteiger partial charge in [0.2, 0.25) is 5.88 Å². The Morgan fingerprint density at radius 2 is 2.24 bits per heavy atom. The smallest absolute Gasteiger partial charge is 0.407 e. The van der Waals surface area contributed by atoms with E-state index < -0.39 is 6.09 Å². The van der Waals surface area contributed by atoms with Crippen molar-refractivity contribution in [1.82, 2.24) is 24.9 Å². The van der Waals surface area contributed by atoms with Crippen molar-refractivity contribution in [2.75, 3.05) is 6.54 Å². The monoisotopic (exact) mass is 479 g/mol. The number of benzene rings is 1. The third-order valence-electron chi connectivity index (χ3n) is 4.83. The highest BCUT2D eigenvalue weighted by Crippen LogP contribution is 2.37. The molecule has 1 aliphatic carbocycles. The lowest BCUT2D eigenvalue weighted by atomic mass is 10.2. The highest BCUT2D eigenvalue weighted by Gasteiger charge is 2.24. The standard InChI is InChI=1S/C19H19BrClN5O3/c1-2-25(19(27)28)10-12-7-13(21)8-22-18(12)29-15-6-5-14-17(16(15)20)23-24-26(14)9-11-3-4-11/h5-8,11H,2-4,9-10H2,1H3,(H,27,28). The summed E-state index contributed by atoms with van der Waals surface area (Å²) < 4.78 is 8.61. The maximum atomic E-state index is 11.4. The van der Waals surface area contributed by atoms with Gasteiger partial charge in [-0.25, -0.2) is 14.5 Å². The van der Waals surface area contributed by atoms with Crippen molar-refractivity contribution < 1.29 is 14.6 Å². The number of carboxylic acid groups (broad SMARTS) is 1. The molecule has 3 aromatic rings. The fraction of sp³-hybridized carbons (Fsp3) is 0.368. The van der Waals surface area contributed by atoms with Crippen molar-refractivity contribution in [3.05, 3.63) is 39.5 Å². The predicted molar refractivity (Wildman–Crippen MR) is 111 cm³/mol. The van der Waals surface area contributed by atoms with Crippen LogP contribution in [-0.4, -0.2) is 42.6 Å². The van der Waals surface area contributed by atoms with Gasteiger partial charge in [-0.1, -0.05) is 16.8 Å². The van der Waals surface area contributed by atoms with Crippen LogP contribution < -0.4 is 4.74 Å². The summed E-state index contributed by atoms with van der Waals surface area (Å²) in [6.45, 7) is 3.09.